The predicted octanol–water partition coefficient (Wildman–Crippen LogP) is 3.22. The summed E-state index contributed by atoms with van der Waals surface area (Å²) in [6.45, 7) is 0. The van der Waals surface area contributed by atoms with E-state index < -0.39 is 5.82 Å². The lowest BCUT2D eigenvalue weighted by Crippen LogP contribution is -2.14. The normalized spacial score (nSPS) is 24.6. The summed E-state index contributed by atoms with van der Waals surface area (Å²) >= 11 is 5.70. The van der Waals surface area contributed by atoms with E-state index in [2.05, 4.69) is 4.98 Å². The first-order valence-electron chi connectivity index (χ1n) is 5.64. The van der Waals surface area contributed by atoms with E-state index in [9.17, 15) is 4.39 Å². The Bertz CT molecular complexity index is 530. The van der Waals surface area contributed by atoms with Gasteiger partial charge in [0.2, 0.25) is 0 Å². The number of halogens is 2. The minimum Gasteiger partial charge on any atom is -0.440 e. The molecule has 17 heavy (non-hydrogen) atoms. The molecule has 1 aliphatic rings. The molecule has 0 radical (unpaired) electrons. The van der Waals surface area contributed by atoms with E-state index in [0.717, 1.165) is 19.3 Å². The van der Waals surface area contributed by atoms with Gasteiger partial charge in [0.05, 0.1) is 5.02 Å². The van der Waals surface area contributed by atoms with Crippen LogP contribution in [0.2, 0.25) is 5.02 Å². The summed E-state index contributed by atoms with van der Waals surface area (Å²) < 4.78 is 18.8. The average Bonchev–Trinajstić information content (AvgIpc) is 2.85. The highest BCUT2D eigenvalue weighted by molar-refractivity contribution is 6.31. The monoisotopic (exact) mass is 254 g/mol. The molecule has 0 aliphatic heterocycles. The molecule has 2 N–H and O–H groups in total. The van der Waals surface area contributed by atoms with Crippen LogP contribution in [0.5, 0.6) is 0 Å². The molecule has 1 aromatic carbocycles. The van der Waals surface area contributed by atoms with Gasteiger partial charge in [-0.05, 0) is 25.3 Å². The Morgan fingerprint density at radius 3 is 2.94 bits per heavy atom. The maximum atomic E-state index is 13.3. The van der Waals surface area contributed by atoms with Crippen LogP contribution in [0.25, 0.3) is 11.1 Å². The maximum Gasteiger partial charge on any atom is 0.198 e. The van der Waals surface area contributed by atoms with E-state index in [1.165, 1.54) is 12.1 Å². The van der Waals surface area contributed by atoms with Crippen LogP contribution >= 0.6 is 11.6 Å². The van der Waals surface area contributed by atoms with E-state index in [-0.39, 0.29) is 17.0 Å². The third kappa shape index (κ3) is 1.91. The van der Waals surface area contributed by atoms with Crippen LogP contribution in [-0.2, 0) is 0 Å². The fourth-order valence-corrected chi connectivity index (χ4v) is 2.51. The van der Waals surface area contributed by atoms with Crippen molar-refractivity contribution in [3.63, 3.8) is 0 Å². The first-order chi connectivity index (χ1) is 8.13. The van der Waals surface area contributed by atoms with Crippen molar-refractivity contribution in [1.82, 2.24) is 4.98 Å². The molecule has 2 aromatic rings. The number of fused-ring (bicyclic) bond motifs is 1. The zero-order chi connectivity index (χ0) is 12.0. The molecule has 2 atom stereocenters. The maximum absolute atomic E-state index is 13.3. The van der Waals surface area contributed by atoms with Crippen molar-refractivity contribution in [2.75, 3.05) is 0 Å². The lowest BCUT2D eigenvalue weighted by atomic mass is 10.1. The van der Waals surface area contributed by atoms with Crippen molar-refractivity contribution in [3.8, 4) is 0 Å². The number of benzene rings is 1. The molecule has 1 aromatic heterocycles. The Kier molecular flexibility index (Phi) is 2.56. The number of hydrogen-bond donors (Lipinski definition) is 1. The van der Waals surface area contributed by atoms with E-state index in [1.807, 2.05) is 0 Å². The third-order valence-electron chi connectivity index (χ3n) is 3.27. The number of hydrogen-bond acceptors (Lipinski definition) is 3. The van der Waals surface area contributed by atoms with Gasteiger partial charge in [0.15, 0.2) is 11.5 Å². The van der Waals surface area contributed by atoms with Gasteiger partial charge in [-0.3, -0.25) is 0 Å². The van der Waals surface area contributed by atoms with Crippen LogP contribution in [0.1, 0.15) is 31.1 Å². The quantitative estimate of drug-likeness (QED) is 0.850. The number of nitrogens with two attached hydrogens (primary N) is 1. The van der Waals surface area contributed by atoms with Crippen LogP contribution < -0.4 is 5.73 Å². The Balaban J connectivity index is 2.02. The third-order valence-corrected chi connectivity index (χ3v) is 3.56. The van der Waals surface area contributed by atoms with Gasteiger partial charge < -0.3 is 10.2 Å². The molecule has 1 fully saturated rings. The molecule has 1 aliphatic carbocycles. The molecule has 0 bridgehead atoms. The van der Waals surface area contributed by atoms with Crippen molar-refractivity contribution >= 4 is 22.7 Å². The van der Waals surface area contributed by atoms with E-state index in [0.29, 0.717) is 17.0 Å². The second kappa shape index (κ2) is 3.96. The van der Waals surface area contributed by atoms with Crippen LogP contribution in [0.15, 0.2) is 16.5 Å². The Hall–Kier alpha value is -1.13. The van der Waals surface area contributed by atoms with Crippen molar-refractivity contribution in [1.29, 1.82) is 0 Å². The average molecular weight is 255 g/mol. The fraction of sp³-hybridized carbons (Fsp3) is 0.417. The molecule has 90 valence electrons. The Morgan fingerprint density at radius 2 is 2.24 bits per heavy atom. The predicted molar refractivity (Wildman–Crippen MR) is 63.5 cm³/mol. The smallest absolute Gasteiger partial charge is 0.198 e. The van der Waals surface area contributed by atoms with E-state index in [1.54, 1.807) is 0 Å². The molecule has 0 amide bonds. The summed E-state index contributed by atoms with van der Waals surface area (Å²) in [6.07, 6.45) is 2.84. The molecule has 3 nitrogen and oxygen atoms in total. The lowest BCUT2D eigenvalue weighted by molar-refractivity contribution is 0.470. The van der Waals surface area contributed by atoms with Crippen molar-refractivity contribution in [2.24, 2.45) is 5.73 Å². The van der Waals surface area contributed by atoms with Crippen LogP contribution in [0.3, 0.4) is 0 Å². The lowest BCUT2D eigenvalue weighted by Gasteiger charge is -2.02. The largest absolute Gasteiger partial charge is 0.440 e. The minimum atomic E-state index is -0.481. The highest BCUT2D eigenvalue weighted by atomic mass is 35.5. The van der Waals surface area contributed by atoms with Gasteiger partial charge in [0.1, 0.15) is 11.3 Å². The van der Waals surface area contributed by atoms with Crippen molar-refractivity contribution in [3.05, 3.63) is 28.9 Å². The van der Waals surface area contributed by atoms with Crippen LogP contribution in [0, 0.1) is 5.82 Å². The van der Waals surface area contributed by atoms with Crippen molar-refractivity contribution in [2.45, 2.75) is 31.2 Å². The SMILES string of the molecule is N[C@H]1CC[C@@H](c2nc3cc(Cl)c(F)cc3o2)C1. The molecule has 1 heterocycles. The van der Waals surface area contributed by atoms with Gasteiger partial charge in [-0.15, -0.1) is 0 Å². The molecular formula is C12H12ClFN2O. The standard InChI is InChI=1S/C12H12ClFN2O/c13-8-4-10-11(5-9(8)14)17-12(16-10)6-1-2-7(15)3-6/h4-7H,1-3,15H2/t6-,7+/m1/s1. The summed E-state index contributed by atoms with van der Waals surface area (Å²) in [6, 6.07) is 2.99. The Labute approximate surface area is 103 Å². The van der Waals surface area contributed by atoms with Gasteiger partial charge in [-0.25, -0.2) is 9.37 Å². The van der Waals surface area contributed by atoms with Gasteiger partial charge in [0, 0.05) is 18.0 Å². The highest BCUT2D eigenvalue weighted by Crippen LogP contribution is 2.35. The number of nitrogens with zero attached hydrogens (tertiary/aromatic N) is 1. The first kappa shape index (κ1) is 11.0. The first-order valence-corrected chi connectivity index (χ1v) is 6.02. The Morgan fingerprint density at radius 1 is 1.41 bits per heavy atom. The topological polar surface area (TPSA) is 52.0 Å². The minimum absolute atomic E-state index is 0.0699. The molecule has 3 rings (SSSR count). The van der Waals surface area contributed by atoms with Gasteiger partial charge in [-0.1, -0.05) is 11.6 Å². The molecule has 0 unspecified atom stereocenters. The second-order valence-corrected chi connectivity index (χ2v) is 4.96. The number of aromatic nitrogens is 1. The molecule has 0 saturated heterocycles. The second-order valence-electron chi connectivity index (χ2n) is 4.56. The fourth-order valence-electron chi connectivity index (χ4n) is 2.36. The zero-order valence-corrected chi connectivity index (χ0v) is 9.88. The van der Waals surface area contributed by atoms with Crippen LogP contribution in [0.4, 0.5) is 4.39 Å². The molecular weight excluding hydrogens is 243 g/mol. The summed E-state index contributed by atoms with van der Waals surface area (Å²) in [7, 11) is 0. The zero-order valence-electron chi connectivity index (χ0n) is 9.12. The summed E-state index contributed by atoms with van der Waals surface area (Å²) in [5, 5.41) is 0.0699. The number of oxazole rings is 1. The summed E-state index contributed by atoms with van der Waals surface area (Å²) in [5.74, 6) is 0.416. The van der Waals surface area contributed by atoms with Gasteiger partial charge >= 0.3 is 0 Å². The van der Waals surface area contributed by atoms with Crippen LogP contribution in [-0.4, -0.2) is 11.0 Å². The van der Waals surface area contributed by atoms with E-state index in [4.69, 9.17) is 21.8 Å². The molecule has 0 spiro atoms. The van der Waals surface area contributed by atoms with Gasteiger partial charge in [-0.2, -0.15) is 0 Å². The van der Waals surface area contributed by atoms with E-state index >= 15 is 0 Å². The highest BCUT2D eigenvalue weighted by Gasteiger charge is 2.27. The summed E-state index contributed by atoms with van der Waals surface area (Å²) in [4.78, 5) is 4.36. The summed E-state index contributed by atoms with van der Waals surface area (Å²) in [5.41, 5.74) is 6.90. The van der Waals surface area contributed by atoms with Gasteiger partial charge in [0.25, 0.3) is 0 Å². The molecule has 5 heteroatoms. The van der Waals surface area contributed by atoms with Crippen molar-refractivity contribution < 1.29 is 8.81 Å². The molecule has 1 saturated carbocycles. The number of rotatable bonds is 1.